The number of aromatic amines is 1. The van der Waals surface area contributed by atoms with Gasteiger partial charge in [0.25, 0.3) is 0 Å². The second-order valence-electron chi connectivity index (χ2n) is 9.35. The third kappa shape index (κ3) is 2.37. The molecule has 6 rings (SSSR count). The summed E-state index contributed by atoms with van der Waals surface area (Å²) >= 11 is 0. The van der Waals surface area contributed by atoms with E-state index in [4.69, 9.17) is 9.47 Å². The van der Waals surface area contributed by atoms with Crippen molar-refractivity contribution in [3.63, 3.8) is 0 Å². The summed E-state index contributed by atoms with van der Waals surface area (Å²) in [6, 6.07) is 0. The van der Waals surface area contributed by atoms with E-state index in [9.17, 15) is 9.59 Å². The summed E-state index contributed by atoms with van der Waals surface area (Å²) < 4.78 is 12.5. The topological polar surface area (TPSA) is 87.8 Å². The molecule has 160 valence electrons. The highest BCUT2D eigenvalue weighted by Gasteiger charge is 2.67. The highest BCUT2D eigenvalue weighted by atomic mass is 16.5. The number of amides is 2. The molecule has 4 atom stereocenters. The highest BCUT2D eigenvalue weighted by Crippen LogP contribution is 2.52. The van der Waals surface area contributed by atoms with Crippen LogP contribution in [-0.2, 0) is 31.1 Å². The van der Waals surface area contributed by atoms with Gasteiger partial charge in [-0.2, -0.15) is 5.10 Å². The van der Waals surface area contributed by atoms with Gasteiger partial charge in [-0.05, 0) is 31.2 Å². The lowest BCUT2D eigenvalue weighted by Crippen LogP contribution is -2.52. The van der Waals surface area contributed by atoms with Gasteiger partial charge in [-0.15, -0.1) is 0 Å². The molecule has 0 aliphatic carbocycles. The van der Waals surface area contributed by atoms with Crippen LogP contribution in [0.25, 0.3) is 0 Å². The van der Waals surface area contributed by atoms with Gasteiger partial charge in [0.15, 0.2) is 0 Å². The Bertz CT molecular complexity index is 918. The van der Waals surface area contributed by atoms with E-state index in [2.05, 4.69) is 17.1 Å². The summed E-state index contributed by atoms with van der Waals surface area (Å²) in [4.78, 5) is 30.5. The van der Waals surface area contributed by atoms with Crippen LogP contribution in [0, 0.1) is 11.8 Å². The van der Waals surface area contributed by atoms with Crippen molar-refractivity contribution in [3.8, 4) is 0 Å². The van der Waals surface area contributed by atoms with E-state index in [1.165, 1.54) is 5.56 Å². The molecule has 6 heterocycles. The maximum Gasteiger partial charge on any atom is 0.230 e. The Balaban J connectivity index is 1.21. The molecule has 1 aromatic heterocycles. The fourth-order valence-electron chi connectivity index (χ4n) is 6.34. The summed E-state index contributed by atoms with van der Waals surface area (Å²) in [5, 5.41) is 7.34. The predicted molar refractivity (Wildman–Crippen MR) is 106 cm³/mol. The average Bonchev–Trinajstić information content (AvgIpc) is 3.51. The molecule has 1 aromatic rings. The molecule has 0 saturated carbocycles. The van der Waals surface area contributed by atoms with Gasteiger partial charge in [0, 0.05) is 19.6 Å². The number of ether oxygens (including phenoxy) is 2. The Morgan fingerprint density at radius 3 is 3.00 bits per heavy atom. The van der Waals surface area contributed by atoms with Crippen molar-refractivity contribution >= 4 is 11.8 Å². The second kappa shape index (κ2) is 6.40. The first-order valence-corrected chi connectivity index (χ1v) is 11.2. The van der Waals surface area contributed by atoms with Gasteiger partial charge in [0.1, 0.15) is 11.2 Å². The number of hydrogen-bond acceptors (Lipinski definition) is 5. The van der Waals surface area contributed by atoms with E-state index in [0.29, 0.717) is 26.2 Å². The minimum Gasteiger partial charge on any atom is -0.368 e. The molecule has 8 heteroatoms. The van der Waals surface area contributed by atoms with Gasteiger partial charge in [-0.3, -0.25) is 14.7 Å². The van der Waals surface area contributed by atoms with Crippen molar-refractivity contribution in [1.82, 2.24) is 20.0 Å². The molecule has 2 bridgehead atoms. The van der Waals surface area contributed by atoms with E-state index in [1.54, 1.807) is 0 Å². The Labute approximate surface area is 175 Å². The third-order valence-electron chi connectivity index (χ3n) is 7.76. The van der Waals surface area contributed by atoms with Crippen LogP contribution in [0.4, 0.5) is 0 Å². The Hall–Kier alpha value is -2.19. The van der Waals surface area contributed by atoms with Crippen molar-refractivity contribution in [3.05, 3.63) is 29.6 Å². The van der Waals surface area contributed by atoms with E-state index in [1.807, 2.05) is 28.1 Å². The number of carbonyl (C=O) groups excluding carboxylic acids is 2. The van der Waals surface area contributed by atoms with Crippen LogP contribution in [0.1, 0.15) is 37.4 Å². The molecule has 5 aliphatic heterocycles. The van der Waals surface area contributed by atoms with Gasteiger partial charge in [0.2, 0.25) is 11.8 Å². The second-order valence-corrected chi connectivity index (χ2v) is 9.35. The van der Waals surface area contributed by atoms with Gasteiger partial charge < -0.3 is 19.3 Å². The van der Waals surface area contributed by atoms with E-state index >= 15 is 0 Å². The molecule has 8 nitrogen and oxygen atoms in total. The average molecular weight is 412 g/mol. The molecular formula is C22H28N4O4. The Kier molecular flexibility index (Phi) is 3.96. The number of nitrogens with one attached hydrogen (secondary N) is 1. The maximum absolute atomic E-state index is 13.6. The molecular weight excluding hydrogens is 384 g/mol. The van der Waals surface area contributed by atoms with Crippen LogP contribution in [-0.4, -0.2) is 76.3 Å². The molecule has 2 spiro atoms. The smallest absolute Gasteiger partial charge is 0.230 e. The number of piperidine rings is 1. The molecule has 3 fully saturated rings. The summed E-state index contributed by atoms with van der Waals surface area (Å²) in [6.45, 7) is 5.29. The van der Waals surface area contributed by atoms with Crippen molar-refractivity contribution in [2.24, 2.45) is 11.8 Å². The highest BCUT2D eigenvalue weighted by molar-refractivity contribution is 5.93. The number of H-pyrrole nitrogens is 1. The van der Waals surface area contributed by atoms with Crippen LogP contribution in [0.3, 0.4) is 0 Å². The Morgan fingerprint density at radius 1 is 1.37 bits per heavy atom. The van der Waals surface area contributed by atoms with Gasteiger partial charge >= 0.3 is 0 Å². The number of carbonyl (C=O) groups is 2. The molecule has 1 N–H and O–H groups in total. The summed E-state index contributed by atoms with van der Waals surface area (Å²) in [5.74, 6) is -0.660. The molecule has 0 aromatic carbocycles. The largest absolute Gasteiger partial charge is 0.368 e. The lowest BCUT2D eigenvalue weighted by molar-refractivity contribution is -0.150. The first kappa shape index (κ1) is 18.6. The molecule has 0 unspecified atom stereocenters. The zero-order chi connectivity index (χ0) is 20.5. The predicted octanol–water partition coefficient (Wildman–Crippen LogP) is 0.992. The van der Waals surface area contributed by atoms with E-state index < -0.39 is 11.5 Å². The van der Waals surface area contributed by atoms with Crippen LogP contribution < -0.4 is 0 Å². The van der Waals surface area contributed by atoms with Gasteiger partial charge in [0.05, 0.1) is 43.0 Å². The number of nitrogens with zero attached hydrogens (tertiary/aromatic N) is 3. The number of fused-ring (bicyclic) bond motifs is 3. The third-order valence-corrected chi connectivity index (χ3v) is 7.76. The van der Waals surface area contributed by atoms with Crippen LogP contribution in [0.15, 0.2) is 18.3 Å². The van der Waals surface area contributed by atoms with Crippen molar-refractivity contribution in [2.45, 2.75) is 49.9 Å². The van der Waals surface area contributed by atoms with Gasteiger partial charge in [-0.1, -0.05) is 19.1 Å². The maximum atomic E-state index is 13.6. The molecule has 5 aliphatic rings. The lowest BCUT2D eigenvalue weighted by atomic mass is 9.76. The summed E-state index contributed by atoms with van der Waals surface area (Å²) in [7, 11) is 0. The zero-order valence-corrected chi connectivity index (χ0v) is 17.3. The summed E-state index contributed by atoms with van der Waals surface area (Å²) in [5.41, 5.74) is 1.33. The fraction of sp³-hybridized carbons (Fsp3) is 0.682. The normalized spacial score (nSPS) is 35.9. The van der Waals surface area contributed by atoms with Crippen LogP contribution >= 0.6 is 0 Å². The number of hydrogen-bond donors (Lipinski definition) is 1. The SMILES string of the molecule is CCCN1C[C@]23C=C[C@H](O2)[C@H](C(=O)N2CCC4(CC2)OCCc2cn[nH]c24)[C@@H]3C1=O. The molecule has 3 saturated heterocycles. The fourth-order valence-corrected chi connectivity index (χ4v) is 6.34. The first-order chi connectivity index (χ1) is 14.6. The van der Waals surface area contributed by atoms with Crippen molar-refractivity contribution < 1.29 is 19.1 Å². The standard InChI is InChI=1S/C22H28N4O4/c1-2-8-26-13-22-5-3-15(30-22)16(17(22)20(26)28)19(27)25-9-6-21(7-10-25)18-14(4-11-29-21)12-23-24-18/h3,5,12,15-17H,2,4,6-11,13H2,1H3,(H,23,24)/t15-,16-,17+,22-/m0/s1. The summed E-state index contributed by atoms with van der Waals surface area (Å²) in [6.07, 6.45) is 8.91. The van der Waals surface area contributed by atoms with Crippen LogP contribution in [0.2, 0.25) is 0 Å². The quantitative estimate of drug-likeness (QED) is 0.749. The first-order valence-electron chi connectivity index (χ1n) is 11.2. The van der Waals surface area contributed by atoms with Crippen molar-refractivity contribution in [2.75, 3.05) is 32.8 Å². The Morgan fingerprint density at radius 2 is 2.20 bits per heavy atom. The molecule has 30 heavy (non-hydrogen) atoms. The lowest BCUT2D eigenvalue weighted by Gasteiger charge is -2.44. The minimum atomic E-state index is -0.606. The number of rotatable bonds is 3. The molecule has 0 radical (unpaired) electrons. The zero-order valence-electron chi connectivity index (χ0n) is 17.3. The van der Waals surface area contributed by atoms with Crippen molar-refractivity contribution in [1.29, 1.82) is 0 Å². The monoisotopic (exact) mass is 412 g/mol. The minimum absolute atomic E-state index is 0.0541. The van der Waals surface area contributed by atoms with E-state index in [-0.39, 0.29) is 29.4 Å². The van der Waals surface area contributed by atoms with E-state index in [0.717, 1.165) is 37.9 Å². The number of aromatic nitrogens is 2. The van der Waals surface area contributed by atoms with Crippen LogP contribution in [0.5, 0.6) is 0 Å². The molecule has 2 amide bonds. The van der Waals surface area contributed by atoms with Gasteiger partial charge in [-0.25, -0.2) is 0 Å². The number of likely N-dealkylation sites (tertiary alicyclic amines) is 2.